The van der Waals surface area contributed by atoms with Crippen molar-refractivity contribution in [3.05, 3.63) is 0 Å². The van der Waals surface area contributed by atoms with Gasteiger partial charge in [0, 0.05) is 6.42 Å². The van der Waals surface area contributed by atoms with E-state index in [1.807, 2.05) is 0 Å². The second kappa shape index (κ2) is 21.6. The Morgan fingerprint density at radius 3 is 1.29 bits per heavy atom. The van der Waals surface area contributed by atoms with E-state index in [4.69, 9.17) is 24.4 Å². The van der Waals surface area contributed by atoms with Gasteiger partial charge in [0.15, 0.2) is 0 Å². The minimum absolute atomic E-state index is 0. The van der Waals surface area contributed by atoms with Gasteiger partial charge in [0.05, 0.1) is 0 Å². The molecule has 0 aromatic rings. The molecule has 8 heteroatoms. The van der Waals surface area contributed by atoms with Gasteiger partial charge in [-0.25, -0.2) is 0 Å². The van der Waals surface area contributed by atoms with Gasteiger partial charge in [0.25, 0.3) is 7.82 Å². The smallest absolute Gasteiger partial charge is 0.756 e. The van der Waals surface area contributed by atoms with Crippen molar-refractivity contribution in [2.75, 3.05) is 0 Å². The summed E-state index contributed by atoms with van der Waals surface area (Å²) < 4.78 is 8.77. The first-order valence-corrected chi connectivity index (χ1v) is 10.3. The van der Waals surface area contributed by atoms with E-state index in [1.54, 1.807) is 0 Å². The van der Waals surface area contributed by atoms with Gasteiger partial charge in [0.1, 0.15) is 0 Å². The Kier molecular flexibility index (Phi) is 26.4. The summed E-state index contributed by atoms with van der Waals surface area (Å²) in [5, 5.41) is 8.49. The van der Waals surface area contributed by atoms with Crippen LogP contribution in [0.25, 0.3) is 0 Å². The fourth-order valence-electron chi connectivity index (χ4n) is 2.29. The zero-order chi connectivity index (χ0) is 18.0. The molecule has 0 fully saturated rings. The summed E-state index contributed by atoms with van der Waals surface area (Å²) in [5.41, 5.74) is 0. The zero-order valence-corrected chi connectivity index (χ0v) is 18.3. The second-order valence-corrected chi connectivity index (χ2v) is 6.86. The molecule has 0 aliphatic rings. The zero-order valence-electron chi connectivity index (χ0n) is 15.4. The summed E-state index contributed by atoms with van der Waals surface area (Å²) in [6.07, 6.45) is 17.3. The first kappa shape index (κ1) is 29.3. The van der Waals surface area contributed by atoms with E-state index in [0.717, 1.165) is 12.8 Å². The first-order chi connectivity index (χ1) is 10.8. The summed E-state index contributed by atoms with van der Waals surface area (Å²) in [5.74, 6) is -0.655. The largest absolute Gasteiger partial charge is 1.00 e. The van der Waals surface area contributed by atoms with E-state index in [0.29, 0.717) is 6.42 Å². The number of rotatable bonds is 14. The SMILES string of the molecule is CCCCCCCCCCCCCCCC(=O)O.O=P([O-])(O)O.[Na+]. The summed E-state index contributed by atoms with van der Waals surface area (Å²) in [7, 11) is -4.89. The van der Waals surface area contributed by atoms with Crippen LogP contribution in [0.3, 0.4) is 0 Å². The molecule has 140 valence electrons. The van der Waals surface area contributed by atoms with Gasteiger partial charge in [-0.15, -0.1) is 0 Å². The molecule has 3 N–H and O–H groups in total. The molecule has 0 saturated carbocycles. The van der Waals surface area contributed by atoms with Gasteiger partial charge in [-0.05, 0) is 6.42 Å². The Hall–Kier alpha value is 0.580. The van der Waals surface area contributed by atoms with Crippen LogP contribution in [0, 0.1) is 0 Å². The Balaban J connectivity index is -0.000000639. The minimum Gasteiger partial charge on any atom is -0.756 e. The molecule has 0 aliphatic heterocycles. The number of aliphatic carboxylic acids is 1. The van der Waals surface area contributed by atoms with Crippen LogP contribution in [-0.2, 0) is 9.36 Å². The van der Waals surface area contributed by atoms with Crippen LogP contribution in [0.2, 0.25) is 0 Å². The normalized spacial score (nSPS) is 10.5. The van der Waals surface area contributed by atoms with Crippen molar-refractivity contribution < 1.29 is 58.7 Å². The molecule has 24 heavy (non-hydrogen) atoms. The average Bonchev–Trinajstić information content (AvgIpc) is 2.42. The molecule has 0 heterocycles. The van der Waals surface area contributed by atoms with E-state index in [9.17, 15) is 4.79 Å². The van der Waals surface area contributed by atoms with Gasteiger partial charge in [0.2, 0.25) is 0 Å². The molecule has 0 radical (unpaired) electrons. The molecule has 0 spiro atoms. The Bertz CT molecular complexity index is 301. The number of unbranched alkanes of at least 4 members (excludes halogenated alkanes) is 12. The summed E-state index contributed by atoms with van der Waals surface area (Å²) in [6.45, 7) is 2.26. The standard InChI is InChI=1S/C16H32O2.Na.H3O4P/c1-2-3-4-5-6-7-8-9-10-11-12-13-14-15-16(17)18;;1-5(2,3)4/h2-15H2,1H3,(H,17,18);;(H3,1,2,3,4)/q;+1;/p-1. The number of hydrogen-bond donors (Lipinski definition) is 3. The number of carboxylic acid groups (broad SMARTS) is 1. The minimum atomic E-state index is -4.89. The molecule has 0 aliphatic carbocycles. The van der Waals surface area contributed by atoms with E-state index in [-0.39, 0.29) is 29.6 Å². The third-order valence-electron chi connectivity index (χ3n) is 3.49. The molecular weight excluding hydrogens is 342 g/mol. The number of hydrogen-bond acceptors (Lipinski definition) is 3. The maximum atomic E-state index is 10.3. The number of carboxylic acids is 1. The van der Waals surface area contributed by atoms with Gasteiger partial charge in [-0.3, -0.25) is 9.36 Å². The summed E-state index contributed by atoms with van der Waals surface area (Å²) in [4.78, 5) is 33.2. The molecule has 6 nitrogen and oxygen atoms in total. The molecule has 0 aromatic carbocycles. The van der Waals surface area contributed by atoms with Gasteiger partial charge in [-0.1, -0.05) is 84.0 Å². The maximum absolute atomic E-state index is 10.3. The van der Waals surface area contributed by atoms with Crippen LogP contribution < -0.4 is 34.5 Å². The van der Waals surface area contributed by atoms with Crippen molar-refractivity contribution in [2.24, 2.45) is 0 Å². The Labute approximate surface area is 169 Å². The molecule has 0 bridgehead atoms. The third-order valence-corrected chi connectivity index (χ3v) is 3.49. The molecule has 0 atom stereocenters. The van der Waals surface area contributed by atoms with Crippen LogP contribution >= 0.6 is 7.82 Å². The topological polar surface area (TPSA) is 118 Å². The molecule has 0 saturated heterocycles. The summed E-state index contributed by atoms with van der Waals surface area (Å²) in [6, 6.07) is 0. The van der Waals surface area contributed by atoms with E-state index in [2.05, 4.69) is 6.92 Å². The number of carbonyl (C=O) groups is 1. The van der Waals surface area contributed by atoms with Crippen LogP contribution in [0.1, 0.15) is 96.8 Å². The van der Waals surface area contributed by atoms with Crippen LogP contribution in [0.15, 0.2) is 0 Å². The number of phosphoric acid groups is 1. The van der Waals surface area contributed by atoms with Gasteiger partial charge >= 0.3 is 35.5 Å². The fourth-order valence-corrected chi connectivity index (χ4v) is 2.29. The molecule has 0 rings (SSSR count). The monoisotopic (exact) mass is 376 g/mol. The first-order valence-electron chi connectivity index (χ1n) is 8.75. The Morgan fingerprint density at radius 2 is 1.04 bits per heavy atom. The third kappa shape index (κ3) is 43.3. The summed E-state index contributed by atoms with van der Waals surface area (Å²) >= 11 is 0. The van der Waals surface area contributed by atoms with Crippen molar-refractivity contribution in [1.29, 1.82) is 0 Å². The van der Waals surface area contributed by atoms with Crippen molar-refractivity contribution in [3.8, 4) is 0 Å². The van der Waals surface area contributed by atoms with E-state index in [1.165, 1.54) is 70.6 Å². The predicted octanol–water partition coefficient (Wildman–Crippen LogP) is 0.996. The van der Waals surface area contributed by atoms with Crippen LogP contribution in [0.5, 0.6) is 0 Å². The van der Waals surface area contributed by atoms with E-state index >= 15 is 0 Å². The van der Waals surface area contributed by atoms with Crippen LogP contribution in [-0.4, -0.2) is 20.9 Å². The van der Waals surface area contributed by atoms with E-state index < -0.39 is 13.8 Å². The van der Waals surface area contributed by atoms with Crippen molar-refractivity contribution in [1.82, 2.24) is 0 Å². The van der Waals surface area contributed by atoms with Gasteiger partial charge in [-0.2, -0.15) is 0 Å². The maximum Gasteiger partial charge on any atom is 1.00 e. The van der Waals surface area contributed by atoms with Crippen LogP contribution in [0.4, 0.5) is 0 Å². The van der Waals surface area contributed by atoms with Crippen molar-refractivity contribution in [2.45, 2.75) is 96.8 Å². The molecular formula is C16H34NaO6P. The fraction of sp³-hybridized carbons (Fsp3) is 0.938. The second-order valence-electron chi connectivity index (χ2n) is 5.88. The van der Waals surface area contributed by atoms with Crippen molar-refractivity contribution >= 4 is 13.8 Å². The predicted molar refractivity (Wildman–Crippen MR) is 90.0 cm³/mol. The van der Waals surface area contributed by atoms with Crippen molar-refractivity contribution in [3.63, 3.8) is 0 Å². The quantitative estimate of drug-likeness (QED) is 0.236. The Morgan fingerprint density at radius 1 is 0.792 bits per heavy atom. The molecule has 0 aromatic heterocycles. The van der Waals surface area contributed by atoms with Gasteiger partial charge < -0.3 is 19.8 Å². The molecule has 0 amide bonds. The average molecular weight is 376 g/mol. The molecule has 0 unspecified atom stereocenters.